The number of carbonyl (C=O) groups is 1. The molecule has 0 saturated heterocycles. The van der Waals surface area contributed by atoms with Crippen LogP contribution in [0.1, 0.15) is 6.42 Å². The van der Waals surface area contributed by atoms with Crippen molar-refractivity contribution in [1.29, 1.82) is 0 Å². The fourth-order valence-corrected chi connectivity index (χ4v) is 1.81. The fourth-order valence-electron chi connectivity index (χ4n) is 1.81. The smallest absolute Gasteiger partial charge is 0.332 e. The Hall–Kier alpha value is -2.38. The minimum absolute atomic E-state index is 0.0965. The van der Waals surface area contributed by atoms with Gasteiger partial charge in [-0.25, -0.2) is 9.78 Å². The van der Waals surface area contributed by atoms with Gasteiger partial charge in [0.15, 0.2) is 5.52 Å². The SMILES string of the molecule is Cn1c(=O)c2ncn(CCC(=O)[O-])c2n(C)c1=O. The minimum atomic E-state index is -1.20. The van der Waals surface area contributed by atoms with Crippen molar-refractivity contribution in [1.82, 2.24) is 18.7 Å². The topological polar surface area (TPSA) is 102 Å². The van der Waals surface area contributed by atoms with Crippen molar-refractivity contribution in [2.24, 2.45) is 14.1 Å². The molecule has 0 fully saturated rings. The average molecular weight is 251 g/mol. The van der Waals surface area contributed by atoms with Crippen LogP contribution in [0.15, 0.2) is 15.9 Å². The molecule has 0 spiro atoms. The molecule has 18 heavy (non-hydrogen) atoms. The largest absolute Gasteiger partial charge is 0.550 e. The van der Waals surface area contributed by atoms with Gasteiger partial charge in [-0.3, -0.25) is 13.9 Å². The molecule has 96 valence electrons. The Labute approximate surface area is 101 Å². The van der Waals surface area contributed by atoms with Crippen LogP contribution >= 0.6 is 0 Å². The summed E-state index contributed by atoms with van der Waals surface area (Å²) in [6, 6.07) is 0. The number of imidazole rings is 1. The predicted molar refractivity (Wildman–Crippen MR) is 59.8 cm³/mol. The molecule has 0 amide bonds. The molecule has 0 aliphatic rings. The highest BCUT2D eigenvalue weighted by Crippen LogP contribution is 2.06. The van der Waals surface area contributed by atoms with E-state index in [0.29, 0.717) is 5.65 Å². The van der Waals surface area contributed by atoms with E-state index in [0.717, 1.165) is 4.57 Å². The van der Waals surface area contributed by atoms with Gasteiger partial charge < -0.3 is 14.5 Å². The van der Waals surface area contributed by atoms with E-state index < -0.39 is 17.2 Å². The van der Waals surface area contributed by atoms with Gasteiger partial charge in [-0.1, -0.05) is 0 Å². The lowest BCUT2D eigenvalue weighted by Gasteiger charge is -2.08. The summed E-state index contributed by atoms with van der Waals surface area (Å²) in [6.45, 7) is 0.0965. The first-order valence-corrected chi connectivity index (χ1v) is 5.24. The third kappa shape index (κ3) is 1.71. The summed E-state index contributed by atoms with van der Waals surface area (Å²) in [5.41, 5.74) is -0.537. The summed E-state index contributed by atoms with van der Waals surface area (Å²) in [5, 5.41) is 10.4. The lowest BCUT2D eigenvalue weighted by atomic mass is 10.4. The minimum Gasteiger partial charge on any atom is -0.550 e. The summed E-state index contributed by atoms with van der Waals surface area (Å²) in [4.78, 5) is 37.9. The molecule has 0 saturated carbocycles. The Kier molecular flexibility index (Phi) is 2.77. The first kappa shape index (κ1) is 12.1. The second kappa shape index (κ2) is 4.13. The number of fused-ring (bicyclic) bond motifs is 1. The molecule has 0 aliphatic carbocycles. The van der Waals surface area contributed by atoms with Gasteiger partial charge in [0.2, 0.25) is 0 Å². The zero-order valence-corrected chi connectivity index (χ0v) is 9.91. The quantitative estimate of drug-likeness (QED) is 0.603. The van der Waals surface area contributed by atoms with E-state index >= 15 is 0 Å². The second-order valence-electron chi connectivity index (χ2n) is 3.94. The lowest BCUT2D eigenvalue weighted by Crippen LogP contribution is -2.37. The van der Waals surface area contributed by atoms with E-state index in [1.54, 1.807) is 0 Å². The van der Waals surface area contributed by atoms with Crippen LogP contribution in [0, 0.1) is 0 Å². The number of aryl methyl sites for hydroxylation is 2. The molecule has 0 radical (unpaired) electrons. The summed E-state index contributed by atoms with van der Waals surface area (Å²) in [6.07, 6.45) is 1.13. The van der Waals surface area contributed by atoms with E-state index in [9.17, 15) is 19.5 Å². The normalized spacial score (nSPS) is 11.0. The fraction of sp³-hybridized carbons (Fsp3) is 0.400. The van der Waals surface area contributed by atoms with Gasteiger partial charge >= 0.3 is 5.69 Å². The van der Waals surface area contributed by atoms with Crippen LogP contribution in [0.25, 0.3) is 11.2 Å². The molecule has 2 rings (SSSR count). The number of rotatable bonds is 3. The van der Waals surface area contributed by atoms with E-state index in [1.165, 1.54) is 29.6 Å². The molecule has 0 unspecified atom stereocenters. The van der Waals surface area contributed by atoms with Crippen LogP contribution < -0.4 is 16.4 Å². The van der Waals surface area contributed by atoms with Crippen molar-refractivity contribution in [3.8, 4) is 0 Å². The number of carbonyl (C=O) groups excluding carboxylic acids is 1. The van der Waals surface area contributed by atoms with Gasteiger partial charge in [0.1, 0.15) is 5.65 Å². The van der Waals surface area contributed by atoms with Gasteiger partial charge in [0.25, 0.3) is 5.56 Å². The molecule has 0 aromatic carbocycles. The standard InChI is InChI=1S/C10H12N4O4/c1-12-8-7(9(17)13(2)10(12)18)11-5-14(8)4-3-6(15)16/h5H,3-4H2,1-2H3,(H,15,16)/p-1. The first-order chi connectivity index (χ1) is 8.43. The number of aliphatic carboxylic acids is 1. The number of nitrogens with zero attached hydrogens (tertiary/aromatic N) is 4. The number of carboxylic acids is 1. The van der Waals surface area contributed by atoms with Gasteiger partial charge in [0, 0.05) is 33.0 Å². The van der Waals surface area contributed by atoms with Gasteiger partial charge in [0.05, 0.1) is 6.33 Å². The Morgan fingerprint density at radius 3 is 2.61 bits per heavy atom. The monoisotopic (exact) mass is 251 g/mol. The summed E-state index contributed by atoms with van der Waals surface area (Å²) < 4.78 is 3.67. The third-order valence-electron chi connectivity index (χ3n) is 2.77. The average Bonchev–Trinajstić information content (AvgIpc) is 2.75. The maximum atomic E-state index is 11.8. The van der Waals surface area contributed by atoms with Gasteiger partial charge in [-0.05, 0) is 0 Å². The molecular formula is C10H11N4O4-. The van der Waals surface area contributed by atoms with E-state index in [1.807, 2.05) is 0 Å². The molecule has 2 aromatic heterocycles. The number of carboxylic acid groups (broad SMARTS) is 1. The number of hydrogen-bond donors (Lipinski definition) is 0. The van der Waals surface area contributed by atoms with Crippen molar-refractivity contribution in [3.63, 3.8) is 0 Å². The summed E-state index contributed by atoms with van der Waals surface area (Å²) >= 11 is 0. The Morgan fingerprint density at radius 1 is 1.33 bits per heavy atom. The summed E-state index contributed by atoms with van der Waals surface area (Å²) in [5.74, 6) is -1.20. The molecule has 0 atom stereocenters. The van der Waals surface area contributed by atoms with E-state index in [4.69, 9.17) is 0 Å². The molecule has 0 bridgehead atoms. The van der Waals surface area contributed by atoms with Crippen molar-refractivity contribution >= 4 is 17.1 Å². The number of aromatic nitrogens is 4. The molecule has 8 nitrogen and oxygen atoms in total. The van der Waals surface area contributed by atoms with Gasteiger partial charge in [-0.15, -0.1) is 0 Å². The zero-order valence-electron chi connectivity index (χ0n) is 9.91. The highest BCUT2D eigenvalue weighted by Gasteiger charge is 2.13. The molecule has 2 aromatic rings. The van der Waals surface area contributed by atoms with E-state index in [2.05, 4.69) is 4.98 Å². The Bertz CT molecular complexity index is 737. The predicted octanol–water partition coefficient (Wildman–Crippen LogP) is -2.43. The molecule has 8 heteroatoms. The molecular weight excluding hydrogens is 240 g/mol. The maximum absolute atomic E-state index is 11.8. The molecule has 0 aliphatic heterocycles. The van der Waals surface area contributed by atoms with Crippen LogP contribution in [0.5, 0.6) is 0 Å². The van der Waals surface area contributed by atoms with Crippen molar-refractivity contribution < 1.29 is 9.90 Å². The Balaban J connectivity index is 2.70. The Morgan fingerprint density at radius 2 is 2.00 bits per heavy atom. The van der Waals surface area contributed by atoms with Crippen LogP contribution in [-0.2, 0) is 25.4 Å². The van der Waals surface area contributed by atoms with Crippen molar-refractivity contribution in [2.75, 3.05) is 0 Å². The van der Waals surface area contributed by atoms with Crippen LogP contribution in [0.3, 0.4) is 0 Å². The van der Waals surface area contributed by atoms with Crippen LogP contribution in [-0.4, -0.2) is 24.7 Å². The number of hydrogen-bond acceptors (Lipinski definition) is 5. The second-order valence-corrected chi connectivity index (χ2v) is 3.94. The summed E-state index contributed by atoms with van der Waals surface area (Å²) in [7, 11) is 2.87. The van der Waals surface area contributed by atoms with Gasteiger partial charge in [-0.2, -0.15) is 0 Å². The highest BCUT2D eigenvalue weighted by molar-refractivity contribution is 5.70. The van der Waals surface area contributed by atoms with E-state index in [-0.39, 0.29) is 18.5 Å². The van der Waals surface area contributed by atoms with Crippen molar-refractivity contribution in [2.45, 2.75) is 13.0 Å². The first-order valence-electron chi connectivity index (χ1n) is 5.24. The zero-order chi connectivity index (χ0) is 13.4. The molecule has 0 N–H and O–H groups in total. The molecule has 2 heterocycles. The lowest BCUT2D eigenvalue weighted by molar-refractivity contribution is -0.305. The van der Waals surface area contributed by atoms with Crippen molar-refractivity contribution in [3.05, 3.63) is 27.2 Å². The maximum Gasteiger partial charge on any atom is 0.332 e. The van der Waals surface area contributed by atoms with Crippen LogP contribution in [0.2, 0.25) is 0 Å². The van der Waals surface area contributed by atoms with Crippen LogP contribution in [0.4, 0.5) is 0 Å². The highest BCUT2D eigenvalue weighted by atomic mass is 16.4. The third-order valence-corrected chi connectivity index (χ3v) is 2.77.